The molecule has 0 unspecified atom stereocenters. The number of primary amides is 1. The maximum atomic E-state index is 11.5. The Labute approximate surface area is 119 Å². The number of nitrogens with zero attached hydrogens (tertiary/aromatic N) is 2. The minimum absolute atomic E-state index is 0.426. The highest BCUT2D eigenvalue weighted by Gasteiger charge is 2.24. The van der Waals surface area contributed by atoms with E-state index in [0.29, 0.717) is 5.69 Å². The Morgan fingerprint density at radius 2 is 2.11 bits per heavy atom. The third kappa shape index (κ3) is 2.18. The van der Waals surface area contributed by atoms with Gasteiger partial charge in [0.05, 0.1) is 5.69 Å². The zero-order chi connectivity index (χ0) is 13.4. The zero-order valence-electron chi connectivity index (χ0n) is 10.4. The van der Waals surface area contributed by atoms with Crippen LogP contribution in [-0.2, 0) is 12.8 Å². The summed E-state index contributed by atoms with van der Waals surface area (Å²) in [5.74, 6) is -0.438. The van der Waals surface area contributed by atoms with Crippen LogP contribution in [-0.4, -0.2) is 15.7 Å². The molecule has 1 aromatic heterocycles. The molecule has 0 fully saturated rings. The molecule has 4 nitrogen and oxygen atoms in total. The highest BCUT2D eigenvalue weighted by Crippen LogP contribution is 2.27. The van der Waals surface area contributed by atoms with Crippen LogP contribution < -0.4 is 5.73 Å². The van der Waals surface area contributed by atoms with Gasteiger partial charge in [-0.15, -0.1) is 0 Å². The molecule has 2 aromatic rings. The molecule has 0 bridgehead atoms. The van der Waals surface area contributed by atoms with E-state index in [2.05, 4.69) is 21.0 Å². The maximum absolute atomic E-state index is 11.5. The average Bonchev–Trinajstić information content (AvgIpc) is 2.78. The highest BCUT2D eigenvalue weighted by atomic mass is 79.9. The topological polar surface area (TPSA) is 60.9 Å². The normalized spacial score (nSPS) is 14.2. The number of hydrogen-bond donors (Lipinski definition) is 1. The molecular formula is C14H14BrN3O. The van der Waals surface area contributed by atoms with Crippen molar-refractivity contribution in [3.8, 4) is 5.69 Å². The minimum atomic E-state index is -0.438. The number of nitrogens with two attached hydrogens (primary N) is 1. The van der Waals surface area contributed by atoms with Crippen molar-refractivity contribution in [2.45, 2.75) is 25.7 Å². The van der Waals surface area contributed by atoms with Gasteiger partial charge in [-0.2, -0.15) is 5.10 Å². The zero-order valence-corrected chi connectivity index (χ0v) is 12.0. The van der Waals surface area contributed by atoms with Crippen molar-refractivity contribution in [3.05, 3.63) is 45.7 Å². The molecule has 1 aliphatic rings. The standard InChI is InChI=1S/C14H14BrN3O/c15-9-4-3-5-10(8-9)18-12-7-2-1-6-11(12)13(17-18)14(16)19/h3-5,8H,1-2,6-7H2,(H2,16,19). The number of fused-ring (bicyclic) bond motifs is 1. The van der Waals surface area contributed by atoms with Crippen LogP contribution >= 0.6 is 15.9 Å². The molecule has 0 aliphatic heterocycles. The Hall–Kier alpha value is -1.62. The summed E-state index contributed by atoms with van der Waals surface area (Å²) in [5.41, 5.74) is 8.97. The lowest BCUT2D eigenvalue weighted by atomic mass is 9.95. The molecule has 1 aliphatic carbocycles. The SMILES string of the molecule is NC(=O)c1nn(-c2cccc(Br)c2)c2c1CCCC2. The molecule has 2 N–H and O–H groups in total. The van der Waals surface area contributed by atoms with Crippen molar-refractivity contribution in [2.24, 2.45) is 5.73 Å². The van der Waals surface area contributed by atoms with Gasteiger partial charge in [0.25, 0.3) is 5.91 Å². The van der Waals surface area contributed by atoms with E-state index in [-0.39, 0.29) is 0 Å². The molecule has 0 spiro atoms. The lowest BCUT2D eigenvalue weighted by Crippen LogP contribution is -2.15. The fourth-order valence-electron chi connectivity index (χ4n) is 2.62. The molecule has 98 valence electrons. The quantitative estimate of drug-likeness (QED) is 0.924. The van der Waals surface area contributed by atoms with E-state index < -0.39 is 5.91 Å². The smallest absolute Gasteiger partial charge is 0.269 e. The van der Waals surface area contributed by atoms with Crippen LogP contribution in [0.3, 0.4) is 0 Å². The van der Waals surface area contributed by atoms with Gasteiger partial charge in [-0.3, -0.25) is 4.79 Å². The number of rotatable bonds is 2. The first kappa shape index (κ1) is 12.4. The van der Waals surface area contributed by atoms with Gasteiger partial charge in [-0.25, -0.2) is 4.68 Å². The Morgan fingerprint density at radius 1 is 1.32 bits per heavy atom. The number of carbonyl (C=O) groups is 1. The Kier molecular flexibility index (Phi) is 3.14. The van der Waals surface area contributed by atoms with Crippen molar-refractivity contribution in [2.75, 3.05) is 0 Å². The fraction of sp³-hybridized carbons (Fsp3) is 0.286. The predicted molar refractivity (Wildman–Crippen MR) is 76.4 cm³/mol. The summed E-state index contributed by atoms with van der Waals surface area (Å²) in [6.07, 6.45) is 4.06. The van der Waals surface area contributed by atoms with E-state index >= 15 is 0 Å². The summed E-state index contributed by atoms with van der Waals surface area (Å²) in [5, 5.41) is 4.42. The minimum Gasteiger partial charge on any atom is -0.364 e. The largest absolute Gasteiger partial charge is 0.364 e. The number of hydrogen-bond acceptors (Lipinski definition) is 2. The highest BCUT2D eigenvalue weighted by molar-refractivity contribution is 9.10. The molecule has 0 saturated heterocycles. The second-order valence-corrected chi connectivity index (χ2v) is 5.65. The number of amides is 1. The van der Waals surface area contributed by atoms with Crippen molar-refractivity contribution >= 4 is 21.8 Å². The average molecular weight is 320 g/mol. The molecule has 1 heterocycles. The molecule has 3 rings (SSSR count). The van der Waals surface area contributed by atoms with Gasteiger partial charge < -0.3 is 5.73 Å². The Bertz CT molecular complexity index is 648. The van der Waals surface area contributed by atoms with Crippen molar-refractivity contribution in [1.82, 2.24) is 9.78 Å². The summed E-state index contributed by atoms with van der Waals surface area (Å²) < 4.78 is 2.85. The summed E-state index contributed by atoms with van der Waals surface area (Å²) in [7, 11) is 0. The van der Waals surface area contributed by atoms with Gasteiger partial charge in [0.15, 0.2) is 5.69 Å². The summed E-state index contributed by atoms with van der Waals surface area (Å²) >= 11 is 3.46. The molecule has 19 heavy (non-hydrogen) atoms. The van der Waals surface area contributed by atoms with Crippen LogP contribution in [0.25, 0.3) is 5.69 Å². The lowest BCUT2D eigenvalue weighted by molar-refractivity contribution is 0.0994. The van der Waals surface area contributed by atoms with Crippen LogP contribution in [0.5, 0.6) is 0 Å². The van der Waals surface area contributed by atoms with E-state index in [4.69, 9.17) is 5.73 Å². The summed E-state index contributed by atoms with van der Waals surface area (Å²) in [4.78, 5) is 11.5. The number of carbonyl (C=O) groups excluding carboxylic acids is 1. The maximum Gasteiger partial charge on any atom is 0.269 e. The monoisotopic (exact) mass is 319 g/mol. The molecule has 1 aromatic carbocycles. The second kappa shape index (κ2) is 4.81. The lowest BCUT2D eigenvalue weighted by Gasteiger charge is -2.14. The van der Waals surface area contributed by atoms with Crippen LogP contribution in [0, 0.1) is 0 Å². The Morgan fingerprint density at radius 3 is 2.84 bits per heavy atom. The molecule has 0 atom stereocenters. The van der Waals surface area contributed by atoms with E-state index in [1.54, 1.807) is 0 Å². The summed E-state index contributed by atoms with van der Waals surface area (Å²) in [6, 6.07) is 7.90. The van der Waals surface area contributed by atoms with Crippen LogP contribution in [0.1, 0.15) is 34.6 Å². The van der Waals surface area contributed by atoms with Gasteiger partial charge in [0.2, 0.25) is 0 Å². The second-order valence-electron chi connectivity index (χ2n) is 4.74. The molecule has 0 saturated carbocycles. The first-order valence-electron chi connectivity index (χ1n) is 6.33. The molecule has 5 heteroatoms. The van der Waals surface area contributed by atoms with Gasteiger partial charge in [-0.1, -0.05) is 22.0 Å². The third-order valence-electron chi connectivity index (χ3n) is 3.47. The van der Waals surface area contributed by atoms with E-state index in [1.165, 1.54) is 0 Å². The third-order valence-corrected chi connectivity index (χ3v) is 3.96. The van der Waals surface area contributed by atoms with Crippen LogP contribution in [0.15, 0.2) is 28.7 Å². The van der Waals surface area contributed by atoms with Crippen molar-refractivity contribution in [3.63, 3.8) is 0 Å². The first-order chi connectivity index (χ1) is 9.16. The van der Waals surface area contributed by atoms with E-state index in [9.17, 15) is 4.79 Å². The van der Waals surface area contributed by atoms with Crippen molar-refractivity contribution in [1.29, 1.82) is 0 Å². The van der Waals surface area contributed by atoms with E-state index in [0.717, 1.165) is 47.1 Å². The van der Waals surface area contributed by atoms with Gasteiger partial charge in [0.1, 0.15) is 0 Å². The van der Waals surface area contributed by atoms with E-state index in [1.807, 2.05) is 28.9 Å². The first-order valence-corrected chi connectivity index (χ1v) is 7.12. The van der Waals surface area contributed by atoms with Crippen LogP contribution in [0.4, 0.5) is 0 Å². The van der Waals surface area contributed by atoms with Crippen LogP contribution in [0.2, 0.25) is 0 Å². The molecule has 1 amide bonds. The fourth-order valence-corrected chi connectivity index (χ4v) is 3.01. The number of halogens is 1. The predicted octanol–water partition coefficient (Wildman–Crippen LogP) is 2.61. The number of aromatic nitrogens is 2. The van der Waals surface area contributed by atoms with Crippen molar-refractivity contribution < 1.29 is 4.79 Å². The molecule has 0 radical (unpaired) electrons. The van der Waals surface area contributed by atoms with Gasteiger partial charge in [-0.05, 0) is 43.9 Å². The van der Waals surface area contributed by atoms with Gasteiger partial charge >= 0.3 is 0 Å². The Balaban J connectivity index is 2.19. The van der Waals surface area contributed by atoms with Gasteiger partial charge in [0, 0.05) is 15.7 Å². The number of benzene rings is 1. The summed E-state index contributed by atoms with van der Waals surface area (Å²) in [6.45, 7) is 0. The molecular weight excluding hydrogens is 306 g/mol.